The zero-order valence-corrected chi connectivity index (χ0v) is 10.7. The molecule has 1 heterocycles. The Morgan fingerprint density at radius 2 is 2.24 bits per heavy atom. The molecular weight excluding hydrogens is 278 g/mol. The lowest BCUT2D eigenvalue weighted by Gasteiger charge is -2.07. The van der Waals surface area contributed by atoms with Gasteiger partial charge in [-0.2, -0.15) is 5.26 Å². The van der Waals surface area contributed by atoms with Crippen LogP contribution in [0.2, 0.25) is 0 Å². The van der Waals surface area contributed by atoms with Crippen LogP contribution in [-0.2, 0) is 0 Å². The molecule has 4 heteroatoms. The molecular formula is C13H10BrN3. The van der Waals surface area contributed by atoms with E-state index in [1.165, 1.54) is 0 Å². The Hall–Kier alpha value is -1.86. The van der Waals surface area contributed by atoms with Gasteiger partial charge < -0.3 is 5.32 Å². The highest BCUT2D eigenvalue weighted by atomic mass is 79.9. The van der Waals surface area contributed by atoms with Crippen molar-refractivity contribution in [3.63, 3.8) is 0 Å². The van der Waals surface area contributed by atoms with Crippen molar-refractivity contribution in [2.45, 2.75) is 0 Å². The summed E-state index contributed by atoms with van der Waals surface area (Å²) in [6.45, 7) is 4.32. The molecule has 1 N–H and O–H groups in total. The first-order valence-corrected chi connectivity index (χ1v) is 5.87. The van der Waals surface area contributed by atoms with Crippen molar-refractivity contribution >= 4 is 32.7 Å². The molecule has 0 saturated carbocycles. The smallest absolute Gasteiger partial charge is 0.128 e. The number of hydrogen-bond acceptors (Lipinski definition) is 3. The predicted molar refractivity (Wildman–Crippen MR) is 73.0 cm³/mol. The van der Waals surface area contributed by atoms with Gasteiger partial charge in [-0.25, -0.2) is 4.98 Å². The lowest BCUT2D eigenvalue weighted by Crippen LogP contribution is -2.03. The summed E-state index contributed by atoms with van der Waals surface area (Å²) in [5.41, 5.74) is 1.44. The summed E-state index contributed by atoms with van der Waals surface area (Å²) in [5.74, 6) is 0.681. The summed E-state index contributed by atoms with van der Waals surface area (Å²) in [7, 11) is 0. The molecule has 0 fully saturated rings. The first kappa shape index (κ1) is 11.6. The van der Waals surface area contributed by atoms with Gasteiger partial charge in [0.1, 0.15) is 5.82 Å². The van der Waals surface area contributed by atoms with E-state index in [4.69, 9.17) is 5.26 Å². The molecule has 0 saturated heterocycles. The normalized spacial score (nSPS) is 9.88. The molecule has 0 atom stereocenters. The Morgan fingerprint density at radius 3 is 2.94 bits per heavy atom. The topological polar surface area (TPSA) is 48.7 Å². The Labute approximate surface area is 108 Å². The van der Waals surface area contributed by atoms with Gasteiger partial charge in [0.15, 0.2) is 0 Å². The van der Waals surface area contributed by atoms with E-state index in [2.05, 4.69) is 38.9 Å². The second-order valence-corrected chi connectivity index (χ2v) is 4.68. The number of pyridine rings is 1. The standard InChI is InChI=1S/C13H10BrN3/c1-9(14)8-16-13-6-10(7-15)11-4-2-3-5-12(11)17-13/h2-6H,1,8H2,(H,16,17). The van der Waals surface area contributed by atoms with Crippen LogP contribution in [0.3, 0.4) is 0 Å². The molecule has 0 bridgehead atoms. The monoisotopic (exact) mass is 287 g/mol. The molecule has 0 unspecified atom stereocenters. The van der Waals surface area contributed by atoms with Crippen LogP contribution in [0, 0.1) is 11.3 Å². The highest BCUT2D eigenvalue weighted by Gasteiger charge is 2.04. The number of nitrogens with one attached hydrogen (secondary N) is 1. The van der Waals surface area contributed by atoms with Gasteiger partial charge >= 0.3 is 0 Å². The Bertz CT molecular complexity index is 614. The van der Waals surface area contributed by atoms with Crippen molar-refractivity contribution in [1.82, 2.24) is 4.98 Å². The quantitative estimate of drug-likeness (QED) is 0.941. The molecule has 0 aliphatic carbocycles. The number of aromatic nitrogens is 1. The van der Waals surface area contributed by atoms with E-state index in [-0.39, 0.29) is 0 Å². The first-order chi connectivity index (χ1) is 8.20. The van der Waals surface area contributed by atoms with Crippen LogP contribution in [0.25, 0.3) is 10.9 Å². The van der Waals surface area contributed by atoms with Crippen molar-refractivity contribution in [2.75, 3.05) is 11.9 Å². The number of hydrogen-bond donors (Lipinski definition) is 1. The third kappa shape index (κ3) is 2.63. The molecule has 0 aliphatic heterocycles. The van der Waals surface area contributed by atoms with Gasteiger partial charge in [0.2, 0.25) is 0 Å². The third-order valence-corrected chi connectivity index (χ3v) is 2.58. The number of nitrogens with zero attached hydrogens (tertiary/aromatic N) is 2. The van der Waals surface area contributed by atoms with E-state index in [0.29, 0.717) is 17.9 Å². The summed E-state index contributed by atoms with van der Waals surface area (Å²) < 4.78 is 0.839. The molecule has 2 rings (SSSR count). The number of halogens is 1. The van der Waals surface area contributed by atoms with Gasteiger partial charge in [0.05, 0.1) is 17.1 Å². The Balaban J connectivity index is 2.46. The van der Waals surface area contributed by atoms with Gasteiger partial charge in [0, 0.05) is 16.4 Å². The molecule has 0 aliphatic rings. The van der Waals surface area contributed by atoms with Crippen molar-refractivity contribution < 1.29 is 0 Å². The van der Waals surface area contributed by atoms with E-state index >= 15 is 0 Å². The van der Waals surface area contributed by atoms with Crippen LogP contribution in [0.15, 0.2) is 41.4 Å². The minimum atomic E-state index is 0.580. The fourth-order valence-corrected chi connectivity index (χ4v) is 1.69. The number of rotatable bonds is 3. The number of fused-ring (bicyclic) bond motifs is 1. The van der Waals surface area contributed by atoms with E-state index < -0.39 is 0 Å². The molecule has 0 spiro atoms. The number of nitriles is 1. The highest BCUT2D eigenvalue weighted by molar-refractivity contribution is 9.11. The number of para-hydroxylation sites is 1. The summed E-state index contributed by atoms with van der Waals surface area (Å²) in [6, 6.07) is 11.5. The molecule has 2 aromatic rings. The van der Waals surface area contributed by atoms with E-state index in [0.717, 1.165) is 15.4 Å². The summed E-state index contributed by atoms with van der Waals surface area (Å²) >= 11 is 3.27. The zero-order chi connectivity index (χ0) is 12.3. The van der Waals surface area contributed by atoms with Crippen molar-refractivity contribution in [3.05, 3.63) is 47.0 Å². The molecule has 84 valence electrons. The van der Waals surface area contributed by atoms with Crippen LogP contribution < -0.4 is 5.32 Å². The fraction of sp³-hybridized carbons (Fsp3) is 0.0769. The lowest BCUT2D eigenvalue weighted by molar-refractivity contribution is 1.25. The Kier molecular flexibility index (Phi) is 3.40. The van der Waals surface area contributed by atoms with Crippen molar-refractivity contribution in [3.8, 4) is 6.07 Å². The fourth-order valence-electron chi connectivity index (χ4n) is 1.54. The van der Waals surface area contributed by atoms with Crippen molar-refractivity contribution in [2.24, 2.45) is 0 Å². The SMILES string of the molecule is C=C(Br)CNc1cc(C#N)c2ccccc2n1. The number of anilines is 1. The van der Waals surface area contributed by atoms with E-state index in [9.17, 15) is 0 Å². The third-order valence-electron chi connectivity index (χ3n) is 2.30. The molecule has 3 nitrogen and oxygen atoms in total. The Morgan fingerprint density at radius 1 is 1.47 bits per heavy atom. The van der Waals surface area contributed by atoms with Crippen LogP contribution in [-0.4, -0.2) is 11.5 Å². The van der Waals surface area contributed by atoms with E-state index in [1.807, 2.05) is 24.3 Å². The van der Waals surface area contributed by atoms with Gasteiger partial charge in [-0.05, 0) is 12.1 Å². The minimum absolute atomic E-state index is 0.580. The lowest BCUT2D eigenvalue weighted by atomic mass is 10.1. The summed E-state index contributed by atoms with van der Waals surface area (Å²) in [4.78, 5) is 4.43. The van der Waals surface area contributed by atoms with Crippen molar-refractivity contribution in [1.29, 1.82) is 5.26 Å². The second-order valence-electron chi connectivity index (χ2n) is 3.55. The van der Waals surface area contributed by atoms with Gasteiger partial charge in [-0.1, -0.05) is 40.7 Å². The predicted octanol–water partition coefficient (Wildman–Crippen LogP) is 3.43. The highest BCUT2D eigenvalue weighted by Crippen LogP contribution is 2.20. The average Bonchev–Trinajstić information content (AvgIpc) is 2.35. The first-order valence-electron chi connectivity index (χ1n) is 5.08. The van der Waals surface area contributed by atoms with Crippen LogP contribution in [0.5, 0.6) is 0 Å². The van der Waals surface area contributed by atoms with Gasteiger partial charge in [-0.15, -0.1) is 0 Å². The molecule has 1 aromatic heterocycles. The number of benzene rings is 1. The van der Waals surface area contributed by atoms with Gasteiger partial charge in [-0.3, -0.25) is 0 Å². The molecule has 1 aromatic carbocycles. The van der Waals surface area contributed by atoms with Crippen LogP contribution >= 0.6 is 15.9 Å². The average molecular weight is 288 g/mol. The second kappa shape index (κ2) is 4.98. The van der Waals surface area contributed by atoms with E-state index in [1.54, 1.807) is 6.07 Å². The largest absolute Gasteiger partial charge is 0.365 e. The maximum Gasteiger partial charge on any atom is 0.128 e. The van der Waals surface area contributed by atoms with Crippen LogP contribution in [0.1, 0.15) is 5.56 Å². The summed E-state index contributed by atoms with van der Waals surface area (Å²) in [5, 5.41) is 13.1. The van der Waals surface area contributed by atoms with Gasteiger partial charge in [0.25, 0.3) is 0 Å². The van der Waals surface area contributed by atoms with Crippen LogP contribution in [0.4, 0.5) is 5.82 Å². The molecule has 0 amide bonds. The molecule has 17 heavy (non-hydrogen) atoms. The summed E-state index contributed by atoms with van der Waals surface area (Å²) in [6.07, 6.45) is 0. The maximum absolute atomic E-state index is 9.11. The minimum Gasteiger partial charge on any atom is -0.365 e. The molecule has 0 radical (unpaired) electrons. The maximum atomic E-state index is 9.11. The zero-order valence-electron chi connectivity index (χ0n) is 9.07.